The summed E-state index contributed by atoms with van der Waals surface area (Å²) in [6.07, 6.45) is 1.41. The predicted molar refractivity (Wildman–Crippen MR) is 90.6 cm³/mol. The molecule has 0 aliphatic carbocycles. The number of nitrogens with zero attached hydrogens (tertiary/aromatic N) is 1. The number of anilines is 1. The Bertz CT molecular complexity index is 672. The first-order valence-electron chi connectivity index (χ1n) is 8.21. The average Bonchev–Trinajstić information content (AvgIpc) is 2.96. The molecule has 2 heterocycles. The van der Waals surface area contributed by atoms with Gasteiger partial charge in [-0.3, -0.25) is 10.1 Å². The molecule has 0 bridgehead atoms. The highest BCUT2D eigenvalue weighted by atomic mass is 32.2. The third kappa shape index (κ3) is 4.16. The summed E-state index contributed by atoms with van der Waals surface area (Å²) in [4.78, 5) is 12.5. The summed E-state index contributed by atoms with van der Waals surface area (Å²) in [5.74, 6) is -0.262. The van der Waals surface area contributed by atoms with E-state index in [4.69, 9.17) is 9.26 Å². The van der Waals surface area contributed by atoms with Crippen LogP contribution in [0.4, 0.5) is 5.88 Å². The van der Waals surface area contributed by atoms with Crippen molar-refractivity contribution in [3.63, 3.8) is 0 Å². The van der Waals surface area contributed by atoms with Crippen molar-refractivity contribution in [2.24, 2.45) is 5.92 Å². The van der Waals surface area contributed by atoms with Crippen molar-refractivity contribution < 1.29 is 22.5 Å². The Morgan fingerprint density at radius 1 is 1.38 bits per heavy atom. The molecule has 0 atom stereocenters. The number of ether oxygens (including phenoxy) is 1. The number of rotatable bonds is 6. The first-order chi connectivity index (χ1) is 11.1. The van der Waals surface area contributed by atoms with E-state index >= 15 is 0 Å². The molecule has 8 heteroatoms. The van der Waals surface area contributed by atoms with Gasteiger partial charge in [-0.15, -0.1) is 0 Å². The second-order valence-corrected chi connectivity index (χ2v) is 9.66. The van der Waals surface area contributed by atoms with Gasteiger partial charge in [0.15, 0.2) is 9.84 Å². The molecule has 1 aliphatic rings. The van der Waals surface area contributed by atoms with Gasteiger partial charge in [0.05, 0.1) is 11.4 Å². The zero-order valence-electron chi connectivity index (χ0n) is 14.7. The Morgan fingerprint density at radius 2 is 2.00 bits per heavy atom. The zero-order chi connectivity index (χ0) is 18.0. The van der Waals surface area contributed by atoms with E-state index in [0.717, 1.165) is 0 Å². The number of carbonyl (C=O) groups is 1. The second-order valence-electron chi connectivity index (χ2n) is 7.07. The fourth-order valence-electron chi connectivity index (χ4n) is 2.46. The minimum Gasteiger partial charge on any atom is -0.381 e. The lowest BCUT2D eigenvalue weighted by Crippen LogP contribution is -2.47. The summed E-state index contributed by atoms with van der Waals surface area (Å²) in [5, 5.41) is 6.38. The fraction of sp³-hybridized carbons (Fsp3) is 0.750. The average molecular weight is 358 g/mol. The van der Waals surface area contributed by atoms with Crippen LogP contribution in [0.15, 0.2) is 10.6 Å². The third-order valence-corrected chi connectivity index (χ3v) is 7.13. The topological polar surface area (TPSA) is 98.5 Å². The van der Waals surface area contributed by atoms with Crippen molar-refractivity contribution in [2.45, 2.75) is 51.2 Å². The Morgan fingerprint density at radius 3 is 2.54 bits per heavy atom. The van der Waals surface area contributed by atoms with Gasteiger partial charge in [0.25, 0.3) is 0 Å². The number of hydrogen-bond donors (Lipinski definition) is 1. The standard InChI is InChI=1S/C16H26N2O5S/c1-11(2)13-9-14(23-18-13)17-15(19)16(3,4)24(20,21)10-12-5-7-22-8-6-12/h9,11-12H,5-8,10H2,1-4H3,(H,17,19). The second kappa shape index (κ2) is 7.23. The smallest absolute Gasteiger partial charge is 0.247 e. The maximum atomic E-state index is 12.7. The van der Waals surface area contributed by atoms with Crippen LogP contribution in [0.3, 0.4) is 0 Å². The van der Waals surface area contributed by atoms with Gasteiger partial charge >= 0.3 is 0 Å². The lowest BCUT2D eigenvalue weighted by Gasteiger charge is -2.28. The van der Waals surface area contributed by atoms with E-state index < -0.39 is 20.5 Å². The first kappa shape index (κ1) is 18.9. The van der Waals surface area contributed by atoms with E-state index in [9.17, 15) is 13.2 Å². The summed E-state index contributed by atoms with van der Waals surface area (Å²) in [5.41, 5.74) is 0.702. The quantitative estimate of drug-likeness (QED) is 0.838. The fourth-order valence-corrected chi connectivity index (χ4v) is 4.16. The van der Waals surface area contributed by atoms with Gasteiger partial charge in [0.2, 0.25) is 11.8 Å². The van der Waals surface area contributed by atoms with Crippen molar-refractivity contribution in [3.05, 3.63) is 11.8 Å². The van der Waals surface area contributed by atoms with Crippen molar-refractivity contribution in [1.29, 1.82) is 0 Å². The highest BCUT2D eigenvalue weighted by molar-refractivity contribution is 7.93. The molecule has 1 N–H and O–H groups in total. The number of amides is 1. The monoisotopic (exact) mass is 358 g/mol. The lowest BCUT2D eigenvalue weighted by atomic mass is 10.0. The van der Waals surface area contributed by atoms with Gasteiger partial charge in [-0.1, -0.05) is 19.0 Å². The zero-order valence-corrected chi connectivity index (χ0v) is 15.5. The van der Waals surface area contributed by atoms with Gasteiger partial charge in [-0.25, -0.2) is 8.42 Å². The molecule has 24 heavy (non-hydrogen) atoms. The highest BCUT2D eigenvalue weighted by Gasteiger charge is 2.43. The van der Waals surface area contributed by atoms with Crippen LogP contribution >= 0.6 is 0 Å². The molecule has 1 amide bonds. The van der Waals surface area contributed by atoms with E-state index in [-0.39, 0.29) is 23.5 Å². The normalized spacial score (nSPS) is 17.2. The van der Waals surface area contributed by atoms with Crippen LogP contribution in [0.5, 0.6) is 0 Å². The van der Waals surface area contributed by atoms with Gasteiger partial charge in [-0.2, -0.15) is 0 Å². The number of hydrogen-bond acceptors (Lipinski definition) is 6. The molecule has 1 aliphatic heterocycles. The number of carbonyl (C=O) groups excluding carboxylic acids is 1. The van der Waals surface area contributed by atoms with E-state index in [0.29, 0.717) is 31.7 Å². The minimum atomic E-state index is -3.62. The number of aromatic nitrogens is 1. The van der Waals surface area contributed by atoms with Crippen LogP contribution in [0.25, 0.3) is 0 Å². The highest BCUT2D eigenvalue weighted by Crippen LogP contribution is 2.26. The summed E-state index contributed by atoms with van der Waals surface area (Å²) in [7, 11) is -3.62. The van der Waals surface area contributed by atoms with Gasteiger partial charge in [-0.05, 0) is 38.5 Å². The largest absolute Gasteiger partial charge is 0.381 e. The summed E-state index contributed by atoms with van der Waals surface area (Å²) >= 11 is 0. The van der Waals surface area contributed by atoms with Crippen LogP contribution in [0.2, 0.25) is 0 Å². The van der Waals surface area contributed by atoms with E-state index in [2.05, 4.69) is 10.5 Å². The Hall–Kier alpha value is -1.41. The molecule has 0 unspecified atom stereocenters. The Labute approximate surface area is 143 Å². The molecule has 0 aromatic carbocycles. The SMILES string of the molecule is CC(C)c1cc(NC(=O)C(C)(C)S(=O)(=O)CC2CCOCC2)on1. The molecule has 1 saturated heterocycles. The van der Waals surface area contributed by atoms with Gasteiger partial charge in [0.1, 0.15) is 4.75 Å². The van der Waals surface area contributed by atoms with E-state index in [1.807, 2.05) is 13.8 Å². The predicted octanol–water partition coefficient (Wildman–Crippen LogP) is 2.36. The van der Waals surface area contributed by atoms with Crippen molar-refractivity contribution in [1.82, 2.24) is 5.16 Å². The van der Waals surface area contributed by atoms with Crippen LogP contribution in [-0.4, -0.2) is 43.2 Å². The van der Waals surface area contributed by atoms with Crippen molar-refractivity contribution in [3.8, 4) is 0 Å². The molecule has 0 saturated carbocycles. The molecule has 1 aromatic rings. The molecule has 2 rings (SSSR count). The van der Waals surface area contributed by atoms with Crippen LogP contribution < -0.4 is 5.32 Å². The maximum absolute atomic E-state index is 12.7. The third-order valence-electron chi connectivity index (χ3n) is 4.48. The molecule has 1 aromatic heterocycles. The molecule has 0 spiro atoms. The molecule has 0 radical (unpaired) electrons. The summed E-state index contributed by atoms with van der Waals surface area (Å²) < 4.78 is 34.2. The van der Waals surface area contributed by atoms with Crippen LogP contribution in [0.1, 0.15) is 52.1 Å². The molecule has 136 valence electrons. The van der Waals surface area contributed by atoms with Crippen LogP contribution in [0, 0.1) is 5.92 Å². The molecular formula is C16H26N2O5S. The van der Waals surface area contributed by atoms with Crippen molar-refractivity contribution >= 4 is 21.6 Å². The van der Waals surface area contributed by atoms with Gasteiger partial charge in [0, 0.05) is 19.3 Å². The molecule has 1 fully saturated rings. The maximum Gasteiger partial charge on any atom is 0.247 e. The Balaban J connectivity index is 2.07. The van der Waals surface area contributed by atoms with E-state index in [1.54, 1.807) is 6.07 Å². The summed E-state index contributed by atoms with van der Waals surface area (Å²) in [6, 6.07) is 1.61. The van der Waals surface area contributed by atoms with E-state index in [1.165, 1.54) is 13.8 Å². The van der Waals surface area contributed by atoms with Crippen LogP contribution in [-0.2, 0) is 19.4 Å². The van der Waals surface area contributed by atoms with Crippen molar-refractivity contribution in [2.75, 3.05) is 24.3 Å². The minimum absolute atomic E-state index is 0.00950. The first-order valence-corrected chi connectivity index (χ1v) is 9.87. The molecular weight excluding hydrogens is 332 g/mol. The number of sulfone groups is 1. The Kier molecular flexibility index (Phi) is 5.70. The lowest BCUT2D eigenvalue weighted by molar-refractivity contribution is -0.118. The van der Waals surface area contributed by atoms with Gasteiger partial charge < -0.3 is 9.26 Å². The number of nitrogens with one attached hydrogen (secondary N) is 1. The summed E-state index contributed by atoms with van der Waals surface area (Å²) in [6.45, 7) is 7.90. The molecule has 7 nitrogen and oxygen atoms in total.